The summed E-state index contributed by atoms with van der Waals surface area (Å²) in [5.41, 5.74) is 2.41. The van der Waals surface area contributed by atoms with Gasteiger partial charge in [0.1, 0.15) is 0 Å². The zero-order chi connectivity index (χ0) is 20.9. The molecule has 4 heteroatoms. The Kier molecular flexibility index (Phi) is 5.54. The molecule has 3 aromatic carbocycles. The quantitative estimate of drug-likeness (QED) is 0.235. The van der Waals surface area contributed by atoms with Crippen LogP contribution in [0.15, 0.2) is 53.0 Å². The van der Waals surface area contributed by atoms with Crippen LogP contribution < -0.4 is 0 Å². The molecular weight excluding hydrogens is 448 g/mol. The van der Waals surface area contributed by atoms with E-state index in [1.54, 1.807) is 13.8 Å². The van der Waals surface area contributed by atoms with E-state index in [-0.39, 0.29) is 17.9 Å². The highest BCUT2D eigenvalue weighted by molar-refractivity contribution is 9.10. The molecule has 0 radical (unpaired) electrons. The predicted octanol–water partition coefficient (Wildman–Crippen LogP) is 7.69. The van der Waals surface area contributed by atoms with Crippen molar-refractivity contribution in [2.75, 3.05) is 0 Å². The fraction of sp³-hybridized carbons (Fsp3) is 0.360. The molecule has 0 saturated heterocycles. The van der Waals surface area contributed by atoms with E-state index in [2.05, 4.69) is 58.4 Å². The number of halogens is 2. The first-order chi connectivity index (χ1) is 13.8. The Hall–Kier alpha value is -1.39. The summed E-state index contributed by atoms with van der Waals surface area (Å²) < 4.78 is 7.11. The minimum atomic E-state index is -1.16. The summed E-state index contributed by atoms with van der Waals surface area (Å²) in [5, 5.41) is 15.6. The maximum atomic E-state index is 10.2. The Morgan fingerprint density at radius 1 is 1.03 bits per heavy atom. The SMILES string of the molecule is CC.CC(C)(O)OC1CC2C=CC1c1c2c(Br)c2cc3ccccc3cc2c1Cl. The van der Waals surface area contributed by atoms with Gasteiger partial charge in [-0.05, 0) is 75.6 Å². The molecule has 29 heavy (non-hydrogen) atoms. The predicted molar refractivity (Wildman–Crippen MR) is 126 cm³/mol. The zero-order valence-corrected chi connectivity index (χ0v) is 19.5. The molecule has 0 heterocycles. The largest absolute Gasteiger partial charge is 0.366 e. The van der Waals surface area contributed by atoms with Crippen molar-refractivity contribution in [3.8, 4) is 0 Å². The van der Waals surface area contributed by atoms with Crippen LogP contribution in [0, 0.1) is 0 Å². The molecule has 152 valence electrons. The highest BCUT2D eigenvalue weighted by atomic mass is 79.9. The average molecular weight is 474 g/mol. The van der Waals surface area contributed by atoms with Crippen LogP contribution in [0.1, 0.15) is 57.1 Å². The number of rotatable bonds is 2. The summed E-state index contributed by atoms with van der Waals surface area (Å²) in [6, 6.07) is 12.8. The summed E-state index contributed by atoms with van der Waals surface area (Å²) in [6.45, 7) is 7.37. The fourth-order valence-electron chi connectivity index (χ4n) is 4.66. The Balaban J connectivity index is 0.000000994. The zero-order valence-electron chi connectivity index (χ0n) is 17.2. The summed E-state index contributed by atoms with van der Waals surface area (Å²) in [7, 11) is 0. The molecular formula is C25H26BrClO2. The molecule has 3 unspecified atom stereocenters. The van der Waals surface area contributed by atoms with Gasteiger partial charge in [-0.2, -0.15) is 0 Å². The maximum Gasteiger partial charge on any atom is 0.160 e. The molecule has 2 nitrogen and oxygen atoms in total. The van der Waals surface area contributed by atoms with Crippen LogP contribution in [0.4, 0.5) is 0 Å². The van der Waals surface area contributed by atoms with Gasteiger partial charge in [-0.3, -0.25) is 0 Å². The molecule has 0 fully saturated rings. The Morgan fingerprint density at radius 3 is 2.28 bits per heavy atom. The average Bonchev–Trinajstić information content (AvgIpc) is 2.71. The Labute approximate surface area is 185 Å². The second kappa shape index (κ2) is 7.70. The van der Waals surface area contributed by atoms with Gasteiger partial charge in [0.25, 0.3) is 0 Å². The van der Waals surface area contributed by atoms with E-state index in [0.717, 1.165) is 32.3 Å². The van der Waals surface area contributed by atoms with Gasteiger partial charge in [-0.15, -0.1) is 0 Å². The first-order valence-corrected chi connectivity index (χ1v) is 11.4. The van der Waals surface area contributed by atoms with Gasteiger partial charge < -0.3 is 9.84 Å². The van der Waals surface area contributed by atoms with Crippen molar-refractivity contribution in [3.05, 3.63) is 69.2 Å². The Bertz CT molecular complexity index is 1110. The third kappa shape index (κ3) is 3.53. The molecule has 0 amide bonds. The van der Waals surface area contributed by atoms with Gasteiger partial charge in [0, 0.05) is 21.7 Å². The van der Waals surface area contributed by atoms with E-state index in [4.69, 9.17) is 16.3 Å². The molecule has 0 aliphatic heterocycles. The molecule has 6 rings (SSSR count). The third-order valence-corrected chi connectivity index (χ3v) is 6.96. The molecule has 3 aromatic rings. The topological polar surface area (TPSA) is 29.5 Å². The first-order valence-electron chi connectivity index (χ1n) is 10.3. The van der Waals surface area contributed by atoms with E-state index in [9.17, 15) is 5.11 Å². The molecule has 3 aliphatic carbocycles. The second-order valence-electron chi connectivity index (χ2n) is 8.06. The molecule has 0 spiro atoms. The summed E-state index contributed by atoms with van der Waals surface area (Å²) in [6.07, 6.45) is 5.23. The highest BCUT2D eigenvalue weighted by Crippen LogP contribution is 2.54. The van der Waals surface area contributed by atoms with E-state index < -0.39 is 5.79 Å². The summed E-state index contributed by atoms with van der Waals surface area (Å²) in [4.78, 5) is 0. The third-order valence-electron chi connectivity index (χ3n) is 5.70. The molecule has 0 saturated carbocycles. The van der Waals surface area contributed by atoms with Crippen molar-refractivity contribution in [2.24, 2.45) is 0 Å². The number of aliphatic hydroxyl groups is 1. The Morgan fingerprint density at radius 2 is 1.66 bits per heavy atom. The van der Waals surface area contributed by atoms with Crippen molar-refractivity contribution < 1.29 is 9.84 Å². The van der Waals surface area contributed by atoms with Crippen LogP contribution in [0.25, 0.3) is 21.5 Å². The number of hydrogen-bond acceptors (Lipinski definition) is 2. The lowest BCUT2D eigenvalue weighted by Crippen LogP contribution is -2.39. The minimum Gasteiger partial charge on any atom is -0.366 e. The standard InChI is InChI=1S/C23H20BrClO2.C2H6/c1-23(2,26)27-18-11-14-7-8-15(18)20-19(14)21(24)16-9-12-5-3-4-6-13(12)10-17(16)22(20)25;1-2/h3-10,14-15,18,26H,11H2,1-2H3;1-2H3. The smallest absolute Gasteiger partial charge is 0.160 e. The lowest BCUT2D eigenvalue weighted by atomic mass is 9.69. The van der Waals surface area contributed by atoms with Gasteiger partial charge >= 0.3 is 0 Å². The summed E-state index contributed by atoms with van der Waals surface area (Å²) in [5.74, 6) is -0.872. The highest BCUT2D eigenvalue weighted by Gasteiger charge is 2.42. The first kappa shape index (κ1) is 20.9. The van der Waals surface area contributed by atoms with E-state index >= 15 is 0 Å². The van der Waals surface area contributed by atoms with E-state index in [1.165, 1.54) is 16.3 Å². The van der Waals surface area contributed by atoms with Crippen LogP contribution in [0.3, 0.4) is 0 Å². The van der Waals surface area contributed by atoms with Crippen LogP contribution in [0.2, 0.25) is 5.02 Å². The second-order valence-corrected chi connectivity index (χ2v) is 9.23. The molecule has 0 aromatic heterocycles. The van der Waals surface area contributed by atoms with Crippen LogP contribution >= 0.6 is 27.5 Å². The number of hydrogen-bond donors (Lipinski definition) is 1. The number of allylic oxidation sites excluding steroid dienone is 1. The van der Waals surface area contributed by atoms with Crippen molar-refractivity contribution in [1.82, 2.24) is 0 Å². The van der Waals surface area contributed by atoms with Gasteiger partial charge in [0.2, 0.25) is 0 Å². The van der Waals surface area contributed by atoms with E-state index in [1.807, 2.05) is 19.9 Å². The van der Waals surface area contributed by atoms with Crippen molar-refractivity contribution in [3.63, 3.8) is 0 Å². The lowest BCUT2D eigenvalue weighted by Gasteiger charge is -2.43. The molecule has 1 N–H and O–H groups in total. The van der Waals surface area contributed by atoms with Gasteiger partial charge in [0.15, 0.2) is 5.79 Å². The maximum absolute atomic E-state index is 10.2. The van der Waals surface area contributed by atoms with Crippen molar-refractivity contribution in [1.29, 1.82) is 0 Å². The van der Waals surface area contributed by atoms with Crippen LogP contribution in [0.5, 0.6) is 0 Å². The van der Waals surface area contributed by atoms with Crippen LogP contribution in [-0.2, 0) is 4.74 Å². The van der Waals surface area contributed by atoms with Gasteiger partial charge in [-0.1, -0.05) is 61.9 Å². The number of ether oxygens (including phenoxy) is 1. The number of benzene rings is 3. The van der Waals surface area contributed by atoms with Crippen LogP contribution in [-0.4, -0.2) is 17.0 Å². The molecule has 3 atom stereocenters. The number of fused-ring (bicyclic) bond motifs is 3. The van der Waals surface area contributed by atoms with Gasteiger partial charge in [0.05, 0.1) is 11.1 Å². The molecule has 2 bridgehead atoms. The summed E-state index contributed by atoms with van der Waals surface area (Å²) >= 11 is 10.9. The molecule has 3 aliphatic rings. The van der Waals surface area contributed by atoms with E-state index in [0.29, 0.717) is 0 Å². The van der Waals surface area contributed by atoms with Crippen molar-refractivity contribution in [2.45, 2.75) is 57.8 Å². The monoisotopic (exact) mass is 472 g/mol. The lowest BCUT2D eigenvalue weighted by molar-refractivity contribution is -0.211. The normalized spacial score (nSPS) is 22.5. The van der Waals surface area contributed by atoms with Crippen molar-refractivity contribution >= 4 is 49.1 Å². The fourth-order valence-corrected chi connectivity index (χ4v) is 5.88. The minimum absolute atomic E-state index is 0.0519. The van der Waals surface area contributed by atoms with Gasteiger partial charge in [-0.25, -0.2) is 0 Å².